The molecule has 198 valence electrons. The smallest absolute Gasteiger partial charge is 0.323 e. The third-order valence-electron chi connectivity index (χ3n) is 8.06. The van der Waals surface area contributed by atoms with E-state index in [1.165, 1.54) is 0 Å². The van der Waals surface area contributed by atoms with Crippen molar-refractivity contribution in [3.8, 4) is 0 Å². The number of hydrogen-bond acceptors (Lipinski definition) is 10. The third-order valence-corrected chi connectivity index (χ3v) is 8.06. The van der Waals surface area contributed by atoms with Gasteiger partial charge in [0.25, 0.3) is 0 Å². The maximum atomic E-state index is 13.2. The fraction of sp³-hybridized carbons (Fsp3) is 0.920. The minimum absolute atomic E-state index is 0.0396. The van der Waals surface area contributed by atoms with Gasteiger partial charge in [-0.15, -0.1) is 0 Å². The number of fused-ring (bicyclic) bond motifs is 1. The van der Waals surface area contributed by atoms with Crippen LogP contribution in [0.4, 0.5) is 0 Å². The van der Waals surface area contributed by atoms with Crippen molar-refractivity contribution in [3.05, 3.63) is 0 Å². The van der Waals surface area contributed by atoms with E-state index in [0.717, 1.165) is 51.4 Å². The van der Waals surface area contributed by atoms with E-state index in [1.54, 1.807) is 13.8 Å². The number of esters is 2. The topological polar surface area (TPSA) is 119 Å². The normalized spacial score (nSPS) is 37.6. The van der Waals surface area contributed by atoms with E-state index in [1.807, 2.05) is 0 Å². The van der Waals surface area contributed by atoms with Gasteiger partial charge in [0.15, 0.2) is 23.8 Å². The van der Waals surface area contributed by atoms with Crippen LogP contribution in [0.15, 0.2) is 0 Å². The average molecular weight is 499 g/mol. The zero-order chi connectivity index (χ0) is 24.7. The van der Waals surface area contributed by atoms with Gasteiger partial charge in [0.05, 0.1) is 19.8 Å². The lowest BCUT2D eigenvalue weighted by Crippen LogP contribution is -2.63. The fourth-order valence-corrected chi connectivity index (χ4v) is 6.46. The Bertz CT molecular complexity index is 771. The highest BCUT2D eigenvalue weighted by Crippen LogP contribution is 2.53. The van der Waals surface area contributed by atoms with E-state index in [9.17, 15) is 14.7 Å². The first kappa shape index (κ1) is 25.4. The Morgan fingerprint density at radius 2 is 1.40 bits per heavy atom. The molecule has 5 atom stereocenters. The maximum absolute atomic E-state index is 13.2. The van der Waals surface area contributed by atoms with Gasteiger partial charge in [-0.05, 0) is 39.5 Å². The minimum atomic E-state index is -2.13. The Balaban J connectivity index is 1.49. The monoisotopic (exact) mass is 498 g/mol. The molecular formula is C25H38O10. The predicted molar refractivity (Wildman–Crippen MR) is 119 cm³/mol. The third kappa shape index (κ3) is 4.40. The van der Waals surface area contributed by atoms with Gasteiger partial charge < -0.3 is 38.3 Å². The van der Waals surface area contributed by atoms with Crippen LogP contribution < -0.4 is 0 Å². The summed E-state index contributed by atoms with van der Waals surface area (Å²) in [5, 5.41) is 12.4. The van der Waals surface area contributed by atoms with Gasteiger partial charge in [0.1, 0.15) is 23.9 Å². The summed E-state index contributed by atoms with van der Waals surface area (Å²) in [6.07, 6.45) is 4.91. The van der Waals surface area contributed by atoms with Crippen molar-refractivity contribution in [2.45, 2.75) is 120 Å². The Hall–Kier alpha value is -1.30. The molecule has 1 N–H and O–H groups in total. The molecule has 2 saturated carbocycles. The Morgan fingerprint density at radius 1 is 0.829 bits per heavy atom. The van der Waals surface area contributed by atoms with Gasteiger partial charge in [-0.1, -0.05) is 12.8 Å². The molecule has 3 saturated heterocycles. The van der Waals surface area contributed by atoms with E-state index >= 15 is 0 Å². The zero-order valence-electron chi connectivity index (χ0n) is 20.7. The molecule has 5 fully saturated rings. The first-order valence-corrected chi connectivity index (χ1v) is 13.2. The van der Waals surface area contributed by atoms with E-state index in [2.05, 4.69) is 0 Å². The lowest BCUT2D eigenvalue weighted by molar-refractivity contribution is -0.278. The van der Waals surface area contributed by atoms with Gasteiger partial charge in [0.2, 0.25) is 0 Å². The van der Waals surface area contributed by atoms with Gasteiger partial charge in [-0.3, -0.25) is 9.59 Å². The number of ether oxygens (including phenoxy) is 7. The SMILES string of the molecule is CCOC(=O)C(C(=O)OCC)[C@]1(O)[C@@H](C2COC3(CCCCC3)O2)O[C@@H]2OC3(CCCCC3)O[C@@H]21. The molecule has 1 unspecified atom stereocenters. The van der Waals surface area contributed by atoms with Crippen molar-refractivity contribution in [2.24, 2.45) is 5.92 Å². The molecule has 0 aromatic carbocycles. The Morgan fingerprint density at radius 3 is 1.97 bits per heavy atom. The summed E-state index contributed by atoms with van der Waals surface area (Å²) in [6, 6.07) is 0. The molecule has 0 amide bonds. The first-order valence-electron chi connectivity index (χ1n) is 13.2. The molecule has 0 radical (unpaired) electrons. The van der Waals surface area contributed by atoms with Crippen LogP contribution in [-0.4, -0.2) is 78.6 Å². The summed E-state index contributed by atoms with van der Waals surface area (Å²) in [5.74, 6) is -5.10. The summed E-state index contributed by atoms with van der Waals surface area (Å²) in [5.41, 5.74) is -2.13. The van der Waals surface area contributed by atoms with Crippen LogP contribution in [0.5, 0.6) is 0 Å². The molecule has 3 aliphatic heterocycles. The first-order chi connectivity index (χ1) is 16.9. The van der Waals surface area contributed by atoms with Crippen LogP contribution >= 0.6 is 0 Å². The van der Waals surface area contributed by atoms with E-state index in [4.69, 9.17) is 33.2 Å². The number of rotatable bonds is 6. The summed E-state index contributed by atoms with van der Waals surface area (Å²) in [7, 11) is 0. The molecule has 0 aromatic rings. The minimum Gasteiger partial charge on any atom is -0.465 e. The van der Waals surface area contributed by atoms with Crippen molar-refractivity contribution in [2.75, 3.05) is 19.8 Å². The van der Waals surface area contributed by atoms with Crippen LogP contribution in [0.25, 0.3) is 0 Å². The zero-order valence-corrected chi connectivity index (χ0v) is 20.7. The Kier molecular flexibility index (Phi) is 7.15. The highest BCUT2D eigenvalue weighted by atomic mass is 16.8. The quantitative estimate of drug-likeness (QED) is 0.432. The average Bonchev–Trinajstić information content (AvgIpc) is 3.47. The van der Waals surface area contributed by atoms with Crippen LogP contribution in [-0.2, 0) is 42.7 Å². The predicted octanol–water partition coefficient (Wildman–Crippen LogP) is 2.34. The second-order valence-corrected chi connectivity index (χ2v) is 10.3. The number of hydrogen-bond donors (Lipinski definition) is 1. The standard InChI is InChI=1S/C25H38O10/c1-3-29-20(26)17(21(27)30-4-2)25(28)18(16-15-31-23(33-16)11-7-5-8-12-23)32-22-19(25)34-24(35-22)13-9-6-10-14-24/h16-19,22,28H,3-15H2,1-2H3/t16?,18-,19+,22-,25+/m1/s1. The molecule has 0 bridgehead atoms. The second kappa shape index (κ2) is 9.87. The Labute approximate surface area is 205 Å². The molecule has 10 heteroatoms. The fourth-order valence-electron chi connectivity index (χ4n) is 6.46. The van der Waals surface area contributed by atoms with Gasteiger partial charge >= 0.3 is 11.9 Å². The molecule has 0 aromatic heterocycles. The summed E-state index contributed by atoms with van der Waals surface area (Å²) >= 11 is 0. The van der Waals surface area contributed by atoms with Crippen LogP contribution in [0.1, 0.15) is 78.1 Å². The summed E-state index contributed by atoms with van der Waals surface area (Å²) < 4.78 is 41.9. The molecule has 2 aliphatic carbocycles. The van der Waals surface area contributed by atoms with Crippen molar-refractivity contribution in [3.63, 3.8) is 0 Å². The summed E-state index contributed by atoms with van der Waals surface area (Å²) in [6.45, 7) is 3.52. The van der Waals surface area contributed by atoms with Crippen molar-refractivity contribution in [1.82, 2.24) is 0 Å². The highest BCUT2D eigenvalue weighted by molar-refractivity contribution is 5.96. The molecule has 2 spiro atoms. The molecular weight excluding hydrogens is 460 g/mol. The van der Waals surface area contributed by atoms with E-state index < -0.39 is 59.6 Å². The number of carbonyl (C=O) groups is 2. The van der Waals surface area contributed by atoms with Gasteiger partial charge in [-0.25, -0.2) is 0 Å². The van der Waals surface area contributed by atoms with E-state index in [-0.39, 0.29) is 19.8 Å². The highest BCUT2D eigenvalue weighted by Gasteiger charge is 2.73. The maximum Gasteiger partial charge on any atom is 0.323 e. The molecule has 3 heterocycles. The molecule has 5 rings (SSSR count). The van der Waals surface area contributed by atoms with Crippen molar-refractivity contribution < 1.29 is 47.9 Å². The lowest BCUT2D eigenvalue weighted by Gasteiger charge is -2.41. The molecule has 5 aliphatic rings. The van der Waals surface area contributed by atoms with Crippen molar-refractivity contribution >= 4 is 11.9 Å². The van der Waals surface area contributed by atoms with Gasteiger partial charge in [0, 0.05) is 25.7 Å². The van der Waals surface area contributed by atoms with Crippen LogP contribution in [0, 0.1) is 5.92 Å². The lowest BCUT2D eigenvalue weighted by atomic mass is 9.77. The number of carbonyl (C=O) groups excluding carboxylic acids is 2. The van der Waals surface area contributed by atoms with E-state index in [0.29, 0.717) is 12.8 Å². The molecule has 35 heavy (non-hydrogen) atoms. The molecule has 10 nitrogen and oxygen atoms in total. The summed E-state index contributed by atoms with van der Waals surface area (Å²) in [4.78, 5) is 26.3. The van der Waals surface area contributed by atoms with Gasteiger partial charge in [-0.2, -0.15) is 0 Å². The largest absolute Gasteiger partial charge is 0.465 e. The second-order valence-electron chi connectivity index (χ2n) is 10.3. The van der Waals surface area contributed by atoms with Crippen LogP contribution in [0.3, 0.4) is 0 Å². The van der Waals surface area contributed by atoms with Crippen molar-refractivity contribution in [1.29, 1.82) is 0 Å². The number of aliphatic hydroxyl groups is 1. The van der Waals surface area contributed by atoms with Crippen LogP contribution in [0.2, 0.25) is 0 Å².